The van der Waals surface area contributed by atoms with Crippen LogP contribution in [0.4, 0.5) is 27.6 Å². The number of carboxylic acids is 1. The number of anilines is 1. The first-order valence-electron chi connectivity index (χ1n) is 8.92. The van der Waals surface area contributed by atoms with E-state index in [9.17, 15) is 26.7 Å². The molecule has 2 aromatic heterocycles. The highest BCUT2D eigenvalue weighted by Crippen LogP contribution is 2.32. The highest BCUT2D eigenvalue weighted by Gasteiger charge is 2.38. The summed E-state index contributed by atoms with van der Waals surface area (Å²) in [5.41, 5.74) is 1.95. The van der Waals surface area contributed by atoms with Gasteiger partial charge in [-0.1, -0.05) is 13.3 Å². The number of carboxylic acid groups (broad SMARTS) is 1. The van der Waals surface area contributed by atoms with Crippen LogP contribution in [0.25, 0.3) is 11.3 Å². The number of hydrogen-bond donors (Lipinski definition) is 2. The van der Waals surface area contributed by atoms with E-state index in [1.165, 1.54) is 6.20 Å². The lowest BCUT2D eigenvalue weighted by atomic mass is 10.00. The molecule has 0 saturated heterocycles. The van der Waals surface area contributed by atoms with Gasteiger partial charge in [-0.05, 0) is 31.4 Å². The molecule has 2 bridgehead atoms. The summed E-state index contributed by atoms with van der Waals surface area (Å²) < 4.78 is 58.9. The molecule has 1 aliphatic heterocycles. The Morgan fingerprint density at radius 1 is 1.33 bits per heavy atom. The number of pyridine rings is 1. The van der Waals surface area contributed by atoms with Gasteiger partial charge in [0.15, 0.2) is 0 Å². The number of nitrogens with one attached hydrogen (secondary N) is 1. The number of nitrogens with zero attached hydrogens (tertiary/aromatic N) is 3. The molecule has 3 heterocycles. The zero-order valence-electron chi connectivity index (χ0n) is 15.8. The lowest BCUT2D eigenvalue weighted by molar-refractivity contribution is -0.192. The summed E-state index contributed by atoms with van der Waals surface area (Å²) >= 11 is 0. The van der Waals surface area contributed by atoms with E-state index in [0.29, 0.717) is 15.9 Å². The van der Waals surface area contributed by atoms with Gasteiger partial charge in [0.25, 0.3) is 0 Å². The minimum atomic E-state index is -5.08. The van der Waals surface area contributed by atoms with Crippen LogP contribution >= 0.6 is 0 Å². The maximum absolute atomic E-state index is 13.3. The summed E-state index contributed by atoms with van der Waals surface area (Å²) in [6.45, 7) is -0.937. The van der Waals surface area contributed by atoms with E-state index in [1.807, 2.05) is 6.92 Å². The van der Waals surface area contributed by atoms with Gasteiger partial charge in [0.05, 0.1) is 17.6 Å². The van der Waals surface area contributed by atoms with Crippen molar-refractivity contribution in [2.75, 3.05) is 5.32 Å². The molecule has 30 heavy (non-hydrogen) atoms. The molecule has 12 heteroatoms. The predicted molar refractivity (Wildman–Crippen MR) is 95.8 cm³/mol. The Labute approximate surface area is 167 Å². The third kappa shape index (κ3) is 5.97. The van der Waals surface area contributed by atoms with E-state index in [0.717, 1.165) is 31.4 Å². The van der Waals surface area contributed by atoms with Crippen LogP contribution in [0, 0.1) is 5.92 Å². The lowest BCUT2D eigenvalue weighted by Crippen LogP contribution is -2.21. The number of halogens is 5. The molecule has 3 rings (SSSR count). The average molecular weight is 434 g/mol. The van der Waals surface area contributed by atoms with Gasteiger partial charge in [-0.15, -0.1) is 0 Å². The largest absolute Gasteiger partial charge is 0.490 e. The van der Waals surface area contributed by atoms with Crippen molar-refractivity contribution in [1.82, 2.24) is 14.8 Å². The number of aromatic nitrogens is 3. The number of hydrogen-bond acceptors (Lipinski definition) is 4. The normalized spacial score (nSPS) is 17.0. The molecule has 0 radical (unpaired) electrons. The SMILES string of the molecule is CC1CCCCc2cc(ccn2)-c2c(cnn2C(F)F)NC1=O.O=C(O)C(F)(F)F. The highest BCUT2D eigenvalue weighted by atomic mass is 19.4. The first-order chi connectivity index (χ1) is 14.0. The van der Waals surface area contributed by atoms with Crippen molar-refractivity contribution in [2.45, 2.75) is 45.3 Å². The van der Waals surface area contributed by atoms with Crippen LogP contribution in [0.3, 0.4) is 0 Å². The molecule has 0 spiro atoms. The summed E-state index contributed by atoms with van der Waals surface area (Å²) in [5, 5.41) is 13.6. The molecule has 2 N–H and O–H groups in total. The Bertz CT molecular complexity index is 898. The molecule has 1 atom stereocenters. The Balaban J connectivity index is 0.000000396. The third-order valence-corrected chi connectivity index (χ3v) is 4.34. The number of carbonyl (C=O) groups excluding carboxylic acids is 1. The van der Waals surface area contributed by atoms with Crippen molar-refractivity contribution in [2.24, 2.45) is 5.92 Å². The van der Waals surface area contributed by atoms with E-state index in [1.54, 1.807) is 18.3 Å². The minimum Gasteiger partial charge on any atom is -0.475 e. The van der Waals surface area contributed by atoms with Crippen LogP contribution in [0.1, 0.15) is 38.4 Å². The van der Waals surface area contributed by atoms with E-state index in [4.69, 9.17) is 9.90 Å². The summed E-state index contributed by atoms with van der Waals surface area (Å²) in [7, 11) is 0. The number of carbonyl (C=O) groups is 2. The van der Waals surface area contributed by atoms with Crippen LogP contribution in [0.5, 0.6) is 0 Å². The van der Waals surface area contributed by atoms with Crippen molar-refractivity contribution in [1.29, 1.82) is 0 Å². The molecule has 1 unspecified atom stereocenters. The lowest BCUT2D eigenvalue weighted by Gasteiger charge is -2.15. The molecule has 1 aliphatic rings. The number of rotatable bonds is 1. The van der Waals surface area contributed by atoms with E-state index < -0.39 is 18.7 Å². The second-order valence-electron chi connectivity index (χ2n) is 6.60. The molecule has 0 saturated carbocycles. The number of alkyl halides is 5. The standard InChI is InChI=1S/C16H18F2N4O.C2HF3O2/c1-10-4-2-3-5-12-8-11(6-7-19-12)14-13(21-15(10)23)9-20-22(14)16(17)18;3-2(4,5)1(6)7/h6-10,16H,2-5H2,1H3,(H,21,23);(H,6,7). The van der Waals surface area contributed by atoms with Gasteiger partial charge in [-0.2, -0.15) is 27.1 Å². The van der Waals surface area contributed by atoms with Gasteiger partial charge < -0.3 is 10.4 Å². The Kier molecular flexibility index (Phi) is 7.46. The number of amides is 1. The fraction of sp³-hybridized carbons (Fsp3) is 0.444. The van der Waals surface area contributed by atoms with Crippen LogP contribution < -0.4 is 5.32 Å². The molecular formula is C18H19F5N4O3. The fourth-order valence-corrected chi connectivity index (χ4v) is 2.80. The average Bonchev–Trinajstić information content (AvgIpc) is 3.08. The van der Waals surface area contributed by atoms with Gasteiger partial charge >= 0.3 is 18.7 Å². The predicted octanol–water partition coefficient (Wildman–Crippen LogP) is 4.27. The minimum absolute atomic E-state index is 0.171. The van der Waals surface area contributed by atoms with Crippen molar-refractivity contribution < 1.29 is 36.6 Å². The zero-order valence-corrected chi connectivity index (χ0v) is 15.8. The highest BCUT2D eigenvalue weighted by molar-refractivity contribution is 5.95. The second kappa shape index (κ2) is 9.63. The first kappa shape index (κ1) is 23.2. The summed E-state index contributed by atoms with van der Waals surface area (Å²) in [6, 6.07) is 3.45. The second-order valence-corrected chi connectivity index (χ2v) is 6.60. The maximum Gasteiger partial charge on any atom is 0.490 e. The molecule has 2 aromatic rings. The van der Waals surface area contributed by atoms with Crippen LogP contribution in [-0.4, -0.2) is 37.9 Å². The van der Waals surface area contributed by atoms with Crippen molar-refractivity contribution >= 4 is 17.6 Å². The van der Waals surface area contributed by atoms with Crippen LogP contribution in [0.15, 0.2) is 24.5 Å². The van der Waals surface area contributed by atoms with E-state index in [-0.39, 0.29) is 17.5 Å². The topological polar surface area (TPSA) is 97.1 Å². The number of fused-ring (bicyclic) bond motifs is 4. The van der Waals surface area contributed by atoms with Crippen molar-refractivity contribution in [3.05, 3.63) is 30.2 Å². The fourth-order valence-electron chi connectivity index (χ4n) is 2.80. The third-order valence-electron chi connectivity index (χ3n) is 4.34. The smallest absolute Gasteiger partial charge is 0.475 e. The maximum atomic E-state index is 13.3. The van der Waals surface area contributed by atoms with E-state index >= 15 is 0 Å². The van der Waals surface area contributed by atoms with Crippen molar-refractivity contribution in [3.8, 4) is 11.3 Å². The molecular weight excluding hydrogens is 415 g/mol. The van der Waals surface area contributed by atoms with E-state index in [2.05, 4.69) is 15.4 Å². The van der Waals surface area contributed by atoms with Gasteiger partial charge in [0.1, 0.15) is 0 Å². The number of aliphatic carboxylic acids is 1. The van der Waals surface area contributed by atoms with Crippen LogP contribution in [0.2, 0.25) is 0 Å². The molecule has 164 valence electrons. The summed E-state index contributed by atoms with van der Waals surface area (Å²) in [6.07, 6.45) is 1.15. The van der Waals surface area contributed by atoms with Gasteiger partial charge in [-0.3, -0.25) is 9.78 Å². The Hall–Kier alpha value is -3.05. The quantitative estimate of drug-likeness (QED) is 0.654. The molecule has 0 fully saturated rings. The Morgan fingerprint density at radius 3 is 2.60 bits per heavy atom. The monoisotopic (exact) mass is 434 g/mol. The van der Waals surface area contributed by atoms with Crippen molar-refractivity contribution in [3.63, 3.8) is 0 Å². The van der Waals surface area contributed by atoms with Gasteiger partial charge in [-0.25, -0.2) is 9.48 Å². The van der Waals surface area contributed by atoms with Gasteiger partial charge in [0, 0.05) is 23.4 Å². The zero-order chi connectivity index (χ0) is 22.5. The Morgan fingerprint density at radius 2 is 2.00 bits per heavy atom. The van der Waals surface area contributed by atoms with Gasteiger partial charge in [0.2, 0.25) is 5.91 Å². The number of aryl methyl sites for hydroxylation is 1. The molecule has 0 aromatic carbocycles. The first-order valence-corrected chi connectivity index (χ1v) is 8.92. The molecule has 1 amide bonds. The van der Waals surface area contributed by atoms with Crippen LogP contribution in [-0.2, 0) is 16.0 Å². The summed E-state index contributed by atoms with van der Waals surface area (Å²) in [5.74, 6) is -3.11. The molecule has 0 aliphatic carbocycles. The summed E-state index contributed by atoms with van der Waals surface area (Å²) in [4.78, 5) is 25.4. The molecule has 7 nitrogen and oxygen atoms in total.